The molecule has 1 fully saturated rings. The van der Waals surface area contributed by atoms with Gasteiger partial charge in [-0.3, -0.25) is 9.78 Å². The number of hydrogen-bond donors (Lipinski definition) is 2. The maximum Gasteiger partial charge on any atom is 0.253 e. The first-order valence-corrected chi connectivity index (χ1v) is 9.69. The zero-order chi connectivity index (χ0) is 20.2. The number of aliphatic hydroxyl groups is 1. The lowest BCUT2D eigenvalue weighted by Gasteiger charge is -2.34. The van der Waals surface area contributed by atoms with Crippen LogP contribution in [0.1, 0.15) is 35.1 Å². The maximum absolute atomic E-state index is 13.0. The highest BCUT2D eigenvalue weighted by atomic mass is 16.3. The summed E-state index contributed by atoms with van der Waals surface area (Å²) in [6.45, 7) is 1.24. The van der Waals surface area contributed by atoms with Gasteiger partial charge in [-0.2, -0.15) is 0 Å². The fourth-order valence-electron chi connectivity index (χ4n) is 3.72. The number of rotatable bonds is 5. The van der Waals surface area contributed by atoms with Crippen LogP contribution in [0.15, 0.2) is 55.2 Å². The van der Waals surface area contributed by atoms with E-state index < -0.39 is 6.10 Å². The van der Waals surface area contributed by atoms with Gasteiger partial charge in [-0.25, -0.2) is 9.97 Å². The molecule has 1 aromatic carbocycles. The standard InChI is InChI=1S/C21H24N6O2/c1-26-12-9-24-20(26)19(28)15-5-10-27(11-6-15)21(29)16-3-2-4-17(13-16)25-18-14-22-7-8-23-18/h2-4,7-9,12-15,19,28H,5-6,10-11H2,1H3,(H,23,25). The number of carbonyl (C=O) groups excluding carboxylic acids is 1. The van der Waals surface area contributed by atoms with Crippen LogP contribution in [0, 0.1) is 5.92 Å². The van der Waals surface area contributed by atoms with Crippen LogP contribution in [0.3, 0.4) is 0 Å². The molecule has 2 aromatic heterocycles. The van der Waals surface area contributed by atoms with Crippen LogP contribution >= 0.6 is 0 Å². The highest BCUT2D eigenvalue weighted by Gasteiger charge is 2.30. The minimum absolute atomic E-state index is 0.00210. The Morgan fingerprint density at radius 3 is 2.72 bits per heavy atom. The topological polar surface area (TPSA) is 96.2 Å². The van der Waals surface area contributed by atoms with Gasteiger partial charge in [0, 0.05) is 56.2 Å². The molecule has 0 bridgehead atoms. The van der Waals surface area contributed by atoms with E-state index in [-0.39, 0.29) is 11.8 Å². The molecule has 8 heteroatoms. The first-order valence-electron chi connectivity index (χ1n) is 9.69. The minimum Gasteiger partial charge on any atom is -0.385 e. The fraction of sp³-hybridized carbons (Fsp3) is 0.333. The molecular formula is C21H24N6O2. The van der Waals surface area contributed by atoms with Crippen LogP contribution in [-0.4, -0.2) is 48.5 Å². The Morgan fingerprint density at radius 1 is 1.21 bits per heavy atom. The van der Waals surface area contributed by atoms with Crippen molar-refractivity contribution in [2.45, 2.75) is 18.9 Å². The molecule has 1 aliphatic heterocycles. The number of aliphatic hydroxyl groups excluding tert-OH is 1. The van der Waals surface area contributed by atoms with Crippen LogP contribution in [0.4, 0.5) is 11.5 Å². The maximum atomic E-state index is 13.0. The van der Waals surface area contributed by atoms with Crippen molar-refractivity contribution in [2.24, 2.45) is 13.0 Å². The molecule has 1 amide bonds. The van der Waals surface area contributed by atoms with Crippen molar-refractivity contribution in [1.82, 2.24) is 24.4 Å². The largest absolute Gasteiger partial charge is 0.385 e. The molecule has 0 spiro atoms. The summed E-state index contributed by atoms with van der Waals surface area (Å²) in [5.41, 5.74) is 1.42. The number of aromatic nitrogens is 4. The van der Waals surface area contributed by atoms with Crippen LogP contribution in [0.25, 0.3) is 0 Å². The molecule has 2 N–H and O–H groups in total. The van der Waals surface area contributed by atoms with Gasteiger partial charge >= 0.3 is 0 Å². The van der Waals surface area contributed by atoms with Gasteiger partial charge in [-0.1, -0.05) is 6.07 Å². The lowest BCUT2D eigenvalue weighted by atomic mass is 9.90. The Kier molecular flexibility index (Phi) is 5.53. The van der Waals surface area contributed by atoms with Crippen LogP contribution in [0.5, 0.6) is 0 Å². The molecule has 0 saturated carbocycles. The van der Waals surface area contributed by atoms with Gasteiger partial charge in [0.05, 0.1) is 6.20 Å². The van der Waals surface area contributed by atoms with Crippen LogP contribution in [-0.2, 0) is 7.05 Å². The van der Waals surface area contributed by atoms with Crippen molar-refractivity contribution in [2.75, 3.05) is 18.4 Å². The van der Waals surface area contributed by atoms with E-state index in [0.29, 0.717) is 30.3 Å². The summed E-state index contributed by atoms with van der Waals surface area (Å²) in [6.07, 6.45) is 9.27. The number of benzene rings is 1. The number of anilines is 2. The van der Waals surface area contributed by atoms with Gasteiger partial charge in [-0.15, -0.1) is 0 Å². The van der Waals surface area contributed by atoms with Gasteiger partial charge in [0.25, 0.3) is 5.91 Å². The van der Waals surface area contributed by atoms with Crippen molar-refractivity contribution in [3.63, 3.8) is 0 Å². The SMILES string of the molecule is Cn1ccnc1C(O)C1CCN(C(=O)c2cccc(Nc3cnccn3)c2)CC1. The number of imidazole rings is 1. The van der Waals surface area contributed by atoms with E-state index in [1.54, 1.807) is 24.8 Å². The highest BCUT2D eigenvalue weighted by Crippen LogP contribution is 2.30. The fourth-order valence-corrected chi connectivity index (χ4v) is 3.72. The van der Waals surface area contributed by atoms with E-state index in [2.05, 4.69) is 20.3 Å². The van der Waals surface area contributed by atoms with Crippen molar-refractivity contribution in [3.05, 3.63) is 66.6 Å². The Hall–Kier alpha value is -3.26. The molecule has 1 aliphatic rings. The lowest BCUT2D eigenvalue weighted by Crippen LogP contribution is -2.40. The summed E-state index contributed by atoms with van der Waals surface area (Å²) in [5.74, 6) is 1.40. The summed E-state index contributed by atoms with van der Waals surface area (Å²) in [6, 6.07) is 7.38. The zero-order valence-corrected chi connectivity index (χ0v) is 16.3. The Balaban J connectivity index is 1.38. The van der Waals surface area contributed by atoms with E-state index >= 15 is 0 Å². The summed E-state index contributed by atoms with van der Waals surface area (Å²) < 4.78 is 1.85. The third-order valence-electron chi connectivity index (χ3n) is 5.34. The number of nitrogens with one attached hydrogen (secondary N) is 1. The average Bonchev–Trinajstić information content (AvgIpc) is 3.19. The van der Waals surface area contributed by atoms with Gasteiger partial charge in [0.2, 0.25) is 0 Å². The second-order valence-corrected chi connectivity index (χ2v) is 7.27. The molecule has 0 radical (unpaired) electrons. The molecule has 29 heavy (non-hydrogen) atoms. The molecule has 1 saturated heterocycles. The zero-order valence-electron chi connectivity index (χ0n) is 16.3. The normalized spacial score (nSPS) is 15.9. The van der Waals surface area contributed by atoms with E-state index in [9.17, 15) is 9.90 Å². The Morgan fingerprint density at radius 2 is 2.03 bits per heavy atom. The number of likely N-dealkylation sites (tertiary alicyclic amines) is 1. The molecule has 1 atom stereocenters. The predicted octanol–water partition coefficient (Wildman–Crippen LogP) is 2.54. The van der Waals surface area contributed by atoms with E-state index in [1.807, 2.05) is 47.0 Å². The third kappa shape index (κ3) is 4.27. The molecule has 3 heterocycles. The van der Waals surface area contributed by atoms with Crippen molar-refractivity contribution in [3.8, 4) is 0 Å². The summed E-state index contributed by atoms with van der Waals surface area (Å²) in [7, 11) is 1.88. The third-order valence-corrected chi connectivity index (χ3v) is 5.34. The van der Waals surface area contributed by atoms with E-state index in [1.165, 1.54) is 0 Å². The number of carbonyl (C=O) groups is 1. The molecule has 3 aromatic rings. The number of amides is 1. The second kappa shape index (κ2) is 8.40. The summed E-state index contributed by atoms with van der Waals surface area (Å²) in [5, 5.41) is 13.8. The predicted molar refractivity (Wildman–Crippen MR) is 109 cm³/mol. The van der Waals surface area contributed by atoms with Gasteiger partial charge in [-0.05, 0) is 37.0 Å². The number of piperidine rings is 1. The summed E-state index contributed by atoms with van der Waals surface area (Å²) in [4.78, 5) is 27.3. The monoisotopic (exact) mass is 392 g/mol. The lowest BCUT2D eigenvalue weighted by molar-refractivity contribution is 0.0420. The molecule has 8 nitrogen and oxygen atoms in total. The van der Waals surface area contributed by atoms with Crippen LogP contribution in [0.2, 0.25) is 0 Å². The Labute approximate surface area is 169 Å². The quantitative estimate of drug-likeness (QED) is 0.693. The second-order valence-electron chi connectivity index (χ2n) is 7.27. The van der Waals surface area contributed by atoms with Crippen molar-refractivity contribution in [1.29, 1.82) is 0 Å². The number of nitrogens with zero attached hydrogens (tertiary/aromatic N) is 5. The Bertz CT molecular complexity index is 966. The molecular weight excluding hydrogens is 368 g/mol. The summed E-state index contributed by atoms with van der Waals surface area (Å²) >= 11 is 0. The van der Waals surface area contributed by atoms with Gasteiger partial charge < -0.3 is 19.9 Å². The van der Waals surface area contributed by atoms with Crippen LogP contribution < -0.4 is 5.32 Å². The molecule has 1 unspecified atom stereocenters. The van der Waals surface area contributed by atoms with E-state index in [0.717, 1.165) is 18.5 Å². The minimum atomic E-state index is -0.605. The number of aryl methyl sites for hydroxylation is 1. The molecule has 0 aliphatic carbocycles. The highest BCUT2D eigenvalue weighted by molar-refractivity contribution is 5.95. The first-order chi connectivity index (χ1) is 14.1. The van der Waals surface area contributed by atoms with Gasteiger partial charge in [0.15, 0.2) is 0 Å². The molecule has 4 rings (SSSR count). The smallest absolute Gasteiger partial charge is 0.253 e. The number of hydrogen-bond acceptors (Lipinski definition) is 6. The van der Waals surface area contributed by atoms with E-state index in [4.69, 9.17) is 0 Å². The van der Waals surface area contributed by atoms with Crippen molar-refractivity contribution >= 4 is 17.4 Å². The molecule has 150 valence electrons. The average molecular weight is 392 g/mol. The van der Waals surface area contributed by atoms with Gasteiger partial charge in [0.1, 0.15) is 17.7 Å². The van der Waals surface area contributed by atoms with Crippen molar-refractivity contribution < 1.29 is 9.90 Å². The first kappa shape index (κ1) is 19.1.